The van der Waals surface area contributed by atoms with E-state index in [0.29, 0.717) is 34.9 Å². The number of benzene rings is 9. The molecule has 0 bridgehead atoms. The predicted octanol–water partition coefficient (Wildman–Crippen LogP) is 15.8. The molecule has 0 saturated carbocycles. The molecule has 3 aromatic heterocycles. The summed E-state index contributed by atoms with van der Waals surface area (Å²) < 4.78 is 2.39. The Bertz CT molecular complexity index is 4140. The normalized spacial score (nSPS) is 13.7. The number of fused-ring (bicyclic) bond motifs is 10. The van der Waals surface area contributed by atoms with Gasteiger partial charge in [0.25, 0.3) is 0 Å². The number of hydrogen-bond donors (Lipinski definition) is 0. The highest BCUT2D eigenvalue weighted by molar-refractivity contribution is 6.18. The molecule has 346 valence electrons. The summed E-state index contributed by atoms with van der Waals surface area (Å²) in [4.78, 5) is 31.7. The van der Waals surface area contributed by atoms with Gasteiger partial charge in [-0.2, -0.15) is 0 Å². The molecule has 14 rings (SSSR count). The van der Waals surface area contributed by atoms with Gasteiger partial charge in [-0.3, -0.25) is 0 Å². The minimum atomic E-state index is -0.195. The zero-order valence-corrected chi connectivity index (χ0v) is 40.8. The van der Waals surface area contributed by atoms with Gasteiger partial charge in [-0.05, 0) is 80.9 Å². The van der Waals surface area contributed by atoms with Crippen molar-refractivity contribution in [2.75, 3.05) is 0 Å². The van der Waals surface area contributed by atoms with Gasteiger partial charge in [0.2, 0.25) is 0 Å². The van der Waals surface area contributed by atoms with E-state index in [-0.39, 0.29) is 10.8 Å². The highest BCUT2D eigenvalue weighted by atomic mass is 15.1. The lowest BCUT2D eigenvalue weighted by atomic mass is 9.82. The van der Waals surface area contributed by atoms with Crippen molar-refractivity contribution < 1.29 is 0 Å². The molecule has 0 aliphatic heterocycles. The Hall–Kier alpha value is -9.20. The van der Waals surface area contributed by atoms with E-state index in [1.165, 1.54) is 55.3 Å². The zero-order valence-electron chi connectivity index (χ0n) is 40.8. The van der Waals surface area contributed by atoms with Crippen molar-refractivity contribution in [3.8, 4) is 96.3 Å². The Morgan fingerprint density at radius 3 is 1.37 bits per heavy atom. The smallest absolute Gasteiger partial charge is 0.166 e. The van der Waals surface area contributed by atoms with E-state index in [9.17, 15) is 0 Å². The van der Waals surface area contributed by atoms with Crippen molar-refractivity contribution in [1.29, 1.82) is 0 Å². The third kappa shape index (κ3) is 6.65. The van der Waals surface area contributed by atoms with Crippen molar-refractivity contribution in [2.24, 2.45) is 0 Å². The van der Waals surface area contributed by atoms with E-state index < -0.39 is 0 Å². The van der Waals surface area contributed by atoms with Crippen LogP contribution < -0.4 is 0 Å². The van der Waals surface area contributed by atoms with E-state index in [1.807, 2.05) is 78.9 Å². The molecule has 9 aromatic carbocycles. The average Bonchev–Trinajstić information content (AvgIpc) is 4.00. The molecule has 0 amide bonds. The van der Waals surface area contributed by atoms with Gasteiger partial charge in [0.15, 0.2) is 34.9 Å². The van der Waals surface area contributed by atoms with Crippen LogP contribution in [-0.4, -0.2) is 34.5 Å². The Morgan fingerprint density at radius 1 is 0.301 bits per heavy atom. The number of para-hydroxylation sites is 1. The molecule has 3 heterocycles. The molecule has 0 unspecified atom stereocenters. The number of nitrogens with zero attached hydrogens (tertiary/aromatic N) is 7. The van der Waals surface area contributed by atoms with Crippen LogP contribution in [-0.2, 0) is 10.8 Å². The molecule has 7 heteroatoms. The third-order valence-electron chi connectivity index (χ3n) is 15.3. The molecule has 2 aliphatic rings. The first-order chi connectivity index (χ1) is 35.7. The van der Waals surface area contributed by atoms with Crippen LogP contribution in [0.5, 0.6) is 0 Å². The third-order valence-corrected chi connectivity index (χ3v) is 15.3. The van der Waals surface area contributed by atoms with Crippen LogP contribution in [0.4, 0.5) is 0 Å². The fourth-order valence-corrected chi connectivity index (χ4v) is 11.7. The van der Waals surface area contributed by atoms with Crippen LogP contribution in [0.25, 0.3) is 118 Å². The minimum Gasteiger partial charge on any atom is -0.308 e. The predicted molar refractivity (Wildman–Crippen MR) is 295 cm³/mol. The second kappa shape index (κ2) is 16.2. The molecule has 7 nitrogen and oxygen atoms in total. The fraction of sp³-hybridized carbons (Fsp3) is 0.0909. The van der Waals surface area contributed by atoms with Gasteiger partial charge in [-0.15, -0.1) is 0 Å². The highest BCUT2D eigenvalue weighted by Crippen LogP contribution is 2.54. The van der Waals surface area contributed by atoms with Crippen molar-refractivity contribution in [3.05, 3.63) is 235 Å². The van der Waals surface area contributed by atoms with Gasteiger partial charge >= 0.3 is 0 Å². The van der Waals surface area contributed by atoms with Crippen LogP contribution >= 0.6 is 0 Å². The van der Waals surface area contributed by atoms with E-state index >= 15 is 0 Å². The maximum absolute atomic E-state index is 5.38. The van der Waals surface area contributed by atoms with Gasteiger partial charge in [-0.1, -0.05) is 204 Å². The van der Waals surface area contributed by atoms with Crippen molar-refractivity contribution in [1.82, 2.24) is 34.5 Å². The molecule has 0 radical (unpaired) electrons. The second-order valence-electron chi connectivity index (χ2n) is 20.3. The molecule has 0 atom stereocenters. The van der Waals surface area contributed by atoms with E-state index in [1.54, 1.807) is 0 Å². The van der Waals surface area contributed by atoms with E-state index in [0.717, 1.165) is 50.1 Å². The van der Waals surface area contributed by atoms with Gasteiger partial charge in [0, 0.05) is 55.0 Å². The minimum absolute atomic E-state index is 0.161. The van der Waals surface area contributed by atoms with Crippen molar-refractivity contribution in [3.63, 3.8) is 0 Å². The van der Waals surface area contributed by atoms with Crippen LogP contribution in [0.3, 0.4) is 0 Å². The zero-order chi connectivity index (χ0) is 49.0. The summed E-state index contributed by atoms with van der Waals surface area (Å²) in [5.74, 6) is 3.42. The van der Waals surface area contributed by atoms with Gasteiger partial charge in [0.1, 0.15) is 0 Å². The summed E-state index contributed by atoms with van der Waals surface area (Å²) in [6, 6.07) is 74.6. The van der Waals surface area contributed by atoms with Gasteiger partial charge in [-0.25, -0.2) is 29.9 Å². The maximum Gasteiger partial charge on any atom is 0.166 e. The molecule has 12 aromatic rings. The quantitative estimate of drug-likeness (QED) is 0.158. The summed E-state index contributed by atoms with van der Waals surface area (Å²) in [5.41, 5.74) is 18.3. The summed E-state index contributed by atoms with van der Waals surface area (Å²) in [6.07, 6.45) is 0. The molecule has 0 N–H and O–H groups in total. The van der Waals surface area contributed by atoms with Crippen LogP contribution in [0.2, 0.25) is 0 Å². The largest absolute Gasteiger partial charge is 0.308 e. The molecule has 0 spiro atoms. The first kappa shape index (κ1) is 42.7. The highest BCUT2D eigenvalue weighted by Gasteiger charge is 2.38. The number of aromatic nitrogens is 7. The SMILES string of the molecule is CC1(C)c2ccccc2-c2ccc(-c3nc(-c4ccccc4)nc(-c4ccc(-n5c6ccccc6c6c7c(ccc65)C(C)(C)c5ccccc5-7)c(-c5nc(-c6ccccc6)nc(-c6ccccc6)n5)c4)n3)cc21. The van der Waals surface area contributed by atoms with Crippen LogP contribution in [0, 0.1) is 0 Å². The molecular formula is C66H47N7. The topological polar surface area (TPSA) is 82.3 Å². The van der Waals surface area contributed by atoms with E-state index in [4.69, 9.17) is 29.9 Å². The van der Waals surface area contributed by atoms with Crippen molar-refractivity contribution in [2.45, 2.75) is 38.5 Å². The van der Waals surface area contributed by atoms with Crippen LogP contribution in [0.15, 0.2) is 212 Å². The summed E-state index contributed by atoms with van der Waals surface area (Å²) in [5, 5.41) is 2.40. The maximum atomic E-state index is 5.38. The Labute approximate surface area is 423 Å². The summed E-state index contributed by atoms with van der Waals surface area (Å²) in [7, 11) is 0. The Kier molecular flexibility index (Phi) is 9.45. The number of rotatable bonds is 7. The average molecular weight is 938 g/mol. The Balaban J connectivity index is 1.04. The summed E-state index contributed by atoms with van der Waals surface area (Å²) >= 11 is 0. The van der Waals surface area contributed by atoms with Gasteiger partial charge in [0.05, 0.1) is 16.7 Å². The lowest BCUT2D eigenvalue weighted by Crippen LogP contribution is -2.15. The standard InChI is InChI=1S/C66H47N7/c1-65(2)51-30-18-15-27-47(51)57-52(65)35-37-56-58(57)48-28-16-19-31-54(48)73(56)55-36-33-43(38-49(55)64-71-60(41-22-10-6-11-23-41)67-61(72-64)42-24-12-7-13-25-42)62-68-59(40-20-8-5-9-21-40)69-63(70-62)44-32-34-46-45-26-14-17-29-50(45)66(3,4)53(46)39-44/h5-39H,1-4H3. The van der Waals surface area contributed by atoms with Crippen LogP contribution in [0.1, 0.15) is 49.9 Å². The second-order valence-corrected chi connectivity index (χ2v) is 20.3. The van der Waals surface area contributed by atoms with Gasteiger partial charge < -0.3 is 4.57 Å². The molecule has 0 saturated heterocycles. The number of hydrogen-bond acceptors (Lipinski definition) is 6. The lowest BCUT2D eigenvalue weighted by Gasteiger charge is -2.21. The first-order valence-corrected chi connectivity index (χ1v) is 25.0. The lowest BCUT2D eigenvalue weighted by molar-refractivity contribution is 0.660. The molecule has 0 fully saturated rings. The summed E-state index contributed by atoms with van der Waals surface area (Å²) in [6.45, 7) is 9.29. The monoisotopic (exact) mass is 937 g/mol. The molecular weight excluding hydrogens is 891 g/mol. The van der Waals surface area contributed by atoms with E-state index in [2.05, 4.69) is 166 Å². The fourth-order valence-electron chi connectivity index (χ4n) is 11.7. The molecule has 2 aliphatic carbocycles. The molecule has 73 heavy (non-hydrogen) atoms. The Morgan fingerprint density at radius 2 is 0.753 bits per heavy atom. The van der Waals surface area contributed by atoms with Crippen molar-refractivity contribution >= 4 is 21.8 Å². The first-order valence-electron chi connectivity index (χ1n) is 25.0.